The zero-order valence-corrected chi connectivity index (χ0v) is 17.0. The number of β-lactam (4-membered cyclic amide) rings is 1. The molecule has 0 spiro atoms. The molecular formula is C23H26N2O5. The van der Waals surface area contributed by atoms with Crippen molar-refractivity contribution in [2.24, 2.45) is 11.8 Å². The maximum Gasteiger partial charge on any atom is 0.407 e. The molecule has 158 valence electrons. The first-order valence-electron chi connectivity index (χ1n) is 9.93. The van der Waals surface area contributed by atoms with Gasteiger partial charge in [-0.1, -0.05) is 74.5 Å². The number of carboxylic acids is 1. The van der Waals surface area contributed by atoms with Crippen molar-refractivity contribution in [2.75, 3.05) is 0 Å². The number of rotatable bonds is 8. The minimum atomic E-state index is -1.08. The van der Waals surface area contributed by atoms with E-state index in [-0.39, 0.29) is 25.0 Å². The Morgan fingerprint density at radius 1 is 1.03 bits per heavy atom. The highest BCUT2D eigenvalue weighted by Gasteiger charge is 2.55. The third kappa shape index (κ3) is 4.79. The average molecular weight is 410 g/mol. The van der Waals surface area contributed by atoms with Crippen LogP contribution >= 0.6 is 0 Å². The van der Waals surface area contributed by atoms with Gasteiger partial charge in [-0.25, -0.2) is 9.59 Å². The van der Waals surface area contributed by atoms with Crippen molar-refractivity contribution < 1.29 is 24.2 Å². The van der Waals surface area contributed by atoms with Crippen LogP contribution in [0.3, 0.4) is 0 Å². The molecule has 1 fully saturated rings. The van der Waals surface area contributed by atoms with E-state index in [0.717, 1.165) is 11.1 Å². The Balaban J connectivity index is 1.67. The van der Waals surface area contributed by atoms with Gasteiger partial charge in [-0.2, -0.15) is 0 Å². The Morgan fingerprint density at radius 2 is 1.60 bits per heavy atom. The maximum atomic E-state index is 12.9. The topological polar surface area (TPSA) is 95.9 Å². The lowest BCUT2D eigenvalue weighted by Gasteiger charge is -2.48. The van der Waals surface area contributed by atoms with Gasteiger partial charge >= 0.3 is 12.1 Å². The quantitative estimate of drug-likeness (QED) is 0.652. The largest absolute Gasteiger partial charge is 0.480 e. The molecule has 0 saturated carbocycles. The van der Waals surface area contributed by atoms with E-state index in [1.165, 1.54) is 4.90 Å². The number of likely N-dealkylation sites (tertiary alicyclic amines) is 1. The van der Waals surface area contributed by atoms with E-state index < -0.39 is 30.1 Å². The highest BCUT2D eigenvalue weighted by molar-refractivity contribution is 5.97. The average Bonchev–Trinajstić information content (AvgIpc) is 2.74. The summed E-state index contributed by atoms with van der Waals surface area (Å²) in [5.74, 6) is -2.35. The van der Waals surface area contributed by atoms with Crippen molar-refractivity contribution in [3.63, 3.8) is 0 Å². The molecular weight excluding hydrogens is 384 g/mol. The SMILES string of the molecule is CC(C)[C@H](NC(=O)OCc1ccccc1)[C@H]1C(=O)N(Cc2ccccc2)[C@@H]1C(=O)O. The molecule has 1 heterocycles. The summed E-state index contributed by atoms with van der Waals surface area (Å²) in [5.41, 5.74) is 1.69. The third-order valence-corrected chi connectivity index (χ3v) is 5.30. The van der Waals surface area contributed by atoms with Gasteiger partial charge in [0.05, 0.1) is 5.92 Å². The second-order valence-electron chi connectivity index (χ2n) is 7.74. The Bertz CT molecular complexity index is 885. The van der Waals surface area contributed by atoms with Crippen molar-refractivity contribution in [3.05, 3.63) is 71.8 Å². The van der Waals surface area contributed by atoms with Crippen molar-refractivity contribution in [1.29, 1.82) is 0 Å². The van der Waals surface area contributed by atoms with E-state index >= 15 is 0 Å². The van der Waals surface area contributed by atoms with Gasteiger partial charge in [0.15, 0.2) is 0 Å². The fourth-order valence-electron chi connectivity index (χ4n) is 3.74. The van der Waals surface area contributed by atoms with Gasteiger partial charge in [0.2, 0.25) is 5.91 Å². The molecule has 0 unspecified atom stereocenters. The summed E-state index contributed by atoms with van der Waals surface area (Å²) in [5, 5.41) is 12.5. The minimum Gasteiger partial charge on any atom is -0.480 e. The van der Waals surface area contributed by atoms with Crippen molar-refractivity contribution >= 4 is 18.0 Å². The Morgan fingerprint density at radius 3 is 2.13 bits per heavy atom. The zero-order chi connectivity index (χ0) is 21.7. The Labute approximate surface area is 175 Å². The molecule has 1 aliphatic heterocycles. The predicted octanol–water partition coefficient (Wildman–Crippen LogP) is 3.05. The van der Waals surface area contributed by atoms with E-state index in [4.69, 9.17) is 4.74 Å². The van der Waals surface area contributed by atoms with E-state index in [9.17, 15) is 19.5 Å². The van der Waals surface area contributed by atoms with Crippen LogP contribution in [0, 0.1) is 11.8 Å². The van der Waals surface area contributed by atoms with Crippen LogP contribution in [0.1, 0.15) is 25.0 Å². The first-order valence-corrected chi connectivity index (χ1v) is 9.93. The minimum absolute atomic E-state index is 0.0958. The molecule has 0 radical (unpaired) electrons. The van der Waals surface area contributed by atoms with Crippen LogP contribution < -0.4 is 5.32 Å². The normalized spacial score (nSPS) is 19.2. The second kappa shape index (κ2) is 9.43. The number of hydrogen-bond acceptors (Lipinski definition) is 4. The van der Waals surface area contributed by atoms with Gasteiger partial charge in [-0.3, -0.25) is 4.79 Å². The van der Waals surface area contributed by atoms with Gasteiger partial charge in [-0.15, -0.1) is 0 Å². The van der Waals surface area contributed by atoms with Crippen LogP contribution in [0.15, 0.2) is 60.7 Å². The Kier molecular flexibility index (Phi) is 6.72. The second-order valence-corrected chi connectivity index (χ2v) is 7.74. The molecule has 1 aliphatic rings. The lowest BCUT2D eigenvalue weighted by Crippen LogP contribution is -2.70. The van der Waals surface area contributed by atoms with Crippen LogP contribution in [0.2, 0.25) is 0 Å². The number of amides is 2. The van der Waals surface area contributed by atoms with Crippen LogP contribution in [0.4, 0.5) is 4.79 Å². The van der Waals surface area contributed by atoms with Crippen molar-refractivity contribution in [3.8, 4) is 0 Å². The van der Waals surface area contributed by atoms with Crippen LogP contribution in [-0.2, 0) is 27.5 Å². The van der Waals surface area contributed by atoms with Crippen molar-refractivity contribution in [2.45, 2.75) is 39.1 Å². The van der Waals surface area contributed by atoms with E-state index in [1.54, 1.807) is 0 Å². The highest BCUT2D eigenvalue weighted by atomic mass is 16.5. The predicted molar refractivity (Wildman–Crippen MR) is 110 cm³/mol. The summed E-state index contributed by atoms with van der Waals surface area (Å²) in [6.07, 6.45) is -0.670. The number of carboxylic acid groups (broad SMARTS) is 1. The van der Waals surface area contributed by atoms with Crippen molar-refractivity contribution in [1.82, 2.24) is 10.2 Å². The van der Waals surface area contributed by atoms with E-state index in [0.29, 0.717) is 0 Å². The van der Waals surface area contributed by atoms with Gasteiger partial charge in [0, 0.05) is 12.6 Å². The molecule has 3 rings (SSSR count). The van der Waals surface area contributed by atoms with Gasteiger partial charge in [-0.05, 0) is 17.0 Å². The number of ether oxygens (including phenoxy) is 1. The van der Waals surface area contributed by atoms with Gasteiger partial charge in [0.25, 0.3) is 0 Å². The standard InChI is InChI=1S/C23H26N2O5/c1-15(2)19(24-23(29)30-14-17-11-7-4-8-12-17)18-20(22(27)28)25(21(18)26)13-16-9-5-3-6-10-16/h3-12,15,18-20H,13-14H2,1-2H3,(H,24,29)(H,27,28)/t18-,19+,20+/m1/s1. The first-order chi connectivity index (χ1) is 14.4. The lowest BCUT2D eigenvalue weighted by molar-refractivity contribution is -0.174. The lowest BCUT2D eigenvalue weighted by atomic mass is 9.76. The van der Waals surface area contributed by atoms with Crippen LogP contribution in [0.5, 0.6) is 0 Å². The highest BCUT2D eigenvalue weighted by Crippen LogP contribution is 2.34. The van der Waals surface area contributed by atoms with Crippen LogP contribution in [-0.4, -0.2) is 40.1 Å². The fraction of sp³-hybridized carbons (Fsp3) is 0.348. The molecule has 0 aliphatic carbocycles. The smallest absolute Gasteiger partial charge is 0.407 e. The molecule has 0 bridgehead atoms. The van der Waals surface area contributed by atoms with E-state index in [2.05, 4.69) is 5.32 Å². The summed E-state index contributed by atoms with van der Waals surface area (Å²) < 4.78 is 5.26. The first kappa shape index (κ1) is 21.4. The number of hydrogen-bond donors (Lipinski definition) is 2. The molecule has 2 aromatic carbocycles. The molecule has 7 heteroatoms. The summed E-state index contributed by atoms with van der Waals surface area (Å²) in [6, 6.07) is 16.8. The maximum absolute atomic E-state index is 12.9. The fourth-order valence-corrected chi connectivity index (χ4v) is 3.74. The summed E-state index contributed by atoms with van der Waals surface area (Å²) >= 11 is 0. The number of carbonyl (C=O) groups excluding carboxylic acids is 2. The number of benzene rings is 2. The third-order valence-electron chi connectivity index (χ3n) is 5.30. The molecule has 2 N–H and O–H groups in total. The summed E-state index contributed by atoms with van der Waals surface area (Å²) in [4.78, 5) is 38.4. The number of nitrogens with zero attached hydrogens (tertiary/aromatic N) is 1. The summed E-state index contributed by atoms with van der Waals surface area (Å²) in [7, 11) is 0. The van der Waals surface area contributed by atoms with Gasteiger partial charge in [0.1, 0.15) is 12.6 Å². The number of aliphatic carboxylic acids is 1. The molecule has 3 atom stereocenters. The van der Waals surface area contributed by atoms with E-state index in [1.807, 2.05) is 74.5 Å². The zero-order valence-electron chi connectivity index (χ0n) is 17.0. The van der Waals surface area contributed by atoms with Gasteiger partial charge < -0.3 is 20.1 Å². The molecule has 2 aromatic rings. The number of nitrogens with one attached hydrogen (secondary N) is 1. The molecule has 0 aromatic heterocycles. The molecule has 7 nitrogen and oxygen atoms in total. The molecule has 30 heavy (non-hydrogen) atoms. The molecule has 1 saturated heterocycles. The van der Waals surface area contributed by atoms with Crippen LogP contribution in [0.25, 0.3) is 0 Å². The Hall–Kier alpha value is -3.35. The number of carbonyl (C=O) groups is 3. The number of alkyl carbamates (subject to hydrolysis) is 1. The summed E-state index contributed by atoms with van der Waals surface area (Å²) in [6.45, 7) is 4.00. The monoisotopic (exact) mass is 410 g/mol. The molecule has 2 amide bonds.